The van der Waals surface area contributed by atoms with Crippen molar-refractivity contribution in [3.63, 3.8) is 0 Å². The van der Waals surface area contributed by atoms with Crippen LogP contribution in [0.25, 0.3) is 0 Å². The molecule has 1 aromatic carbocycles. The Morgan fingerprint density at radius 2 is 1.90 bits per heavy atom. The number of rotatable bonds is 4. The maximum atomic E-state index is 13.2. The number of amides is 4. The van der Waals surface area contributed by atoms with Gasteiger partial charge in [-0.15, -0.1) is 0 Å². The first-order valence-electron chi connectivity index (χ1n) is 10.2. The average molecular weight is 398 g/mol. The molecule has 154 valence electrons. The minimum Gasteiger partial charge on any atom is -0.317 e. The molecule has 0 radical (unpaired) electrons. The van der Waals surface area contributed by atoms with Gasteiger partial charge in [0.05, 0.1) is 11.1 Å². The predicted molar refractivity (Wildman–Crippen MR) is 105 cm³/mol. The molecule has 0 saturated carbocycles. The molecule has 0 aliphatic carbocycles. The van der Waals surface area contributed by atoms with Crippen molar-refractivity contribution in [2.24, 2.45) is 0 Å². The van der Waals surface area contributed by atoms with Gasteiger partial charge >= 0.3 is 0 Å². The van der Waals surface area contributed by atoms with Crippen LogP contribution in [0.4, 0.5) is 0 Å². The molecule has 4 amide bonds. The summed E-state index contributed by atoms with van der Waals surface area (Å²) in [6.45, 7) is 2.47. The summed E-state index contributed by atoms with van der Waals surface area (Å²) in [7, 11) is 1.98. The molecule has 8 heteroatoms. The Morgan fingerprint density at radius 3 is 2.66 bits per heavy atom. The van der Waals surface area contributed by atoms with Gasteiger partial charge in [0.1, 0.15) is 6.04 Å². The van der Waals surface area contributed by atoms with E-state index in [1.54, 1.807) is 12.1 Å². The van der Waals surface area contributed by atoms with E-state index in [9.17, 15) is 19.2 Å². The molecule has 0 spiro atoms. The van der Waals surface area contributed by atoms with E-state index in [4.69, 9.17) is 0 Å². The zero-order valence-corrected chi connectivity index (χ0v) is 16.6. The summed E-state index contributed by atoms with van der Waals surface area (Å²) in [5.74, 6) is -1.84. The van der Waals surface area contributed by atoms with Crippen LogP contribution in [0, 0.1) is 0 Å². The molecule has 0 aromatic heterocycles. The van der Waals surface area contributed by atoms with Gasteiger partial charge in [0.2, 0.25) is 11.8 Å². The Bertz CT molecular complexity index is 868. The summed E-state index contributed by atoms with van der Waals surface area (Å²) in [5, 5.41) is 5.57. The van der Waals surface area contributed by atoms with Crippen LogP contribution >= 0.6 is 0 Å². The number of hydrogen-bond acceptors (Lipinski definition) is 6. The van der Waals surface area contributed by atoms with E-state index in [1.807, 2.05) is 13.1 Å². The fourth-order valence-electron chi connectivity index (χ4n) is 4.56. The van der Waals surface area contributed by atoms with E-state index >= 15 is 0 Å². The van der Waals surface area contributed by atoms with Crippen LogP contribution in [-0.4, -0.2) is 65.6 Å². The van der Waals surface area contributed by atoms with Crippen LogP contribution in [0.2, 0.25) is 0 Å². The number of likely N-dealkylation sites (tertiary alicyclic amines) is 1. The minimum absolute atomic E-state index is 0.122. The van der Waals surface area contributed by atoms with Gasteiger partial charge < -0.3 is 5.32 Å². The molecule has 2 N–H and O–H groups in total. The number of carbonyl (C=O) groups excluding carboxylic acids is 4. The zero-order chi connectivity index (χ0) is 20.5. The molecule has 3 aliphatic heterocycles. The van der Waals surface area contributed by atoms with Crippen LogP contribution in [0.3, 0.4) is 0 Å². The van der Waals surface area contributed by atoms with Gasteiger partial charge in [-0.2, -0.15) is 0 Å². The maximum absolute atomic E-state index is 13.2. The highest BCUT2D eigenvalue weighted by atomic mass is 16.2. The lowest BCUT2D eigenvalue weighted by Gasteiger charge is -2.28. The summed E-state index contributed by atoms with van der Waals surface area (Å²) in [4.78, 5) is 53.1. The highest BCUT2D eigenvalue weighted by Crippen LogP contribution is 2.30. The van der Waals surface area contributed by atoms with E-state index in [2.05, 4.69) is 15.5 Å². The Morgan fingerprint density at radius 1 is 1.07 bits per heavy atom. The summed E-state index contributed by atoms with van der Waals surface area (Å²) in [5.41, 5.74) is 1.57. The monoisotopic (exact) mass is 398 g/mol. The summed E-state index contributed by atoms with van der Waals surface area (Å²) < 4.78 is 0. The minimum atomic E-state index is -0.928. The second-order valence-electron chi connectivity index (χ2n) is 7.98. The van der Waals surface area contributed by atoms with Gasteiger partial charge in [-0.05, 0) is 57.5 Å². The highest BCUT2D eigenvalue weighted by molar-refractivity contribution is 6.24. The van der Waals surface area contributed by atoms with Crippen molar-refractivity contribution < 1.29 is 19.2 Å². The number of carbonyl (C=O) groups is 4. The van der Waals surface area contributed by atoms with Crippen LogP contribution in [0.15, 0.2) is 18.2 Å². The third-order valence-corrected chi connectivity index (χ3v) is 6.18. The SMILES string of the molecule is CNC1CCCN(Cc2cccc3c2C(=O)N(C2CCC(=O)NC2=O)C3=O)CC1. The van der Waals surface area contributed by atoms with Gasteiger partial charge in [-0.3, -0.25) is 34.3 Å². The van der Waals surface area contributed by atoms with Gasteiger partial charge in [0.15, 0.2) is 0 Å². The van der Waals surface area contributed by atoms with Crippen LogP contribution < -0.4 is 10.6 Å². The first-order valence-corrected chi connectivity index (χ1v) is 10.2. The van der Waals surface area contributed by atoms with Crippen molar-refractivity contribution in [3.05, 3.63) is 34.9 Å². The fourth-order valence-corrected chi connectivity index (χ4v) is 4.56. The molecule has 29 heavy (non-hydrogen) atoms. The number of benzene rings is 1. The van der Waals surface area contributed by atoms with Crippen LogP contribution in [0.1, 0.15) is 58.4 Å². The Hall–Kier alpha value is -2.58. The lowest BCUT2D eigenvalue weighted by Crippen LogP contribution is -2.54. The molecule has 2 saturated heterocycles. The third kappa shape index (κ3) is 3.70. The molecule has 4 rings (SSSR count). The van der Waals surface area contributed by atoms with Crippen molar-refractivity contribution >= 4 is 23.6 Å². The highest BCUT2D eigenvalue weighted by Gasteiger charge is 2.45. The summed E-state index contributed by atoms with van der Waals surface area (Å²) in [6.07, 6.45) is 3.54. The number of fused-ring (bicyclic) bond motifs is 1. The standard InChI is InChI=1S/C21H26N4O4/c1-22-14-5-3-10-24(11-9-14)12-13-4-2-6-15-18(13)21(29)25(20(15)28)16-7-8-17(26)23-19(16)27/h2,4,6,14,16,22H,3,5,7-12H2,1H3,(H,23,26,27). The quantitative estimate of drug-likeness (QED) is 0.723. The van der Waals surface area contributed by atoms with Crippen molar-refractivity contribution in [2.75, 3.05) is 20.1 Å². The third-order valence-electron chi connectivity index (χ3n) is 6.18. The number of imide groups is 2. The van der Waals surface area contributed by atoms with Crippen molar-refractivity contribution in [1.29, 1.82) is 0 Å². The molecular formula is C21H26N4O4. The van der Waals surface area contributed by atoms with E-state index in [0.29, 0.717) is 23.7 Å². The number of nitrogens with one attached hydrogen (secondary N) is 2. The number of nitrogens with zero attached hydrogens (tertiary/aromatic N) is 2. The Labute approximate surface area is 169 Å². The lowest BCUT2D eigenvalue weighted by molar-refractivity contribution is -0.136. The zero-order valence-electron chi connectivity index (χ0n) is 16.6. The molecule has 2 fully saturated rings. The summed E-state index contributed by atoms with van der Waals surface area (Å²) >= 11 is 0. The predicted octanol–water partition coefficient (Wildman–Crippen LogP) is 0.662. The molecule has 2 atom stereocenters. The Balaban J connectivity index is 1.56. The smallest absolute Gasteiger partial charge is 0.262 e. The first kappa shape index (κ1) is 19.7. The molecule has 3 aliphatic rings. The van der Waals surface area contributed by atoms with E-state index in [1.165, 1.54) is 0 Å². The van der Waals surface area contributed by atoms with Crippen molar-refractivity contribution in [1.82, 2.24) is 20.4 Å². The average Bonchev–Trinajstić information content (AvgIpc) is 2.85. The number of piperidine rings is 1. The molecule has 3 heterocycles. The molecule has 1 aromatic rings. The fraction of sp³-hybridized carbons (Fsp3) is 0.524. The van der Waals surface area contributed by atoms with Gasteiger partial charge in [0.25, 0.3) is 11.8 Å². The second-order valence-corrected chi connectivity index (χ2v) is 7.98. The first-order chi connectivity index (χ1) is 14.0. The topological polar surface area (TPSA) is 98.8 Å². The molecule has 2 unspecified atom stereocenters. The second kappa shape index (κ2) is 8.04. The lowest BCUT2D eigenvalue weighted by atomic mass is 10.0. The Kier molecular flexibility index (Phi) is 5.47. The van der Waals surface area contributed by atoms with Crippen LogP contribution in [0.5, 0.6) is 0 Å². The van der Waals surface area contributed by atoms with Gasteiger partial charge in [0, 0.05) is 19.0 Å². The molecular weight excluding hydrogens is 372 g/mol. The van der Waals surface area contributed by atoms with Gasteiger partial charge in [-0.1, -0.05) is 12.1 Å². The van der Waals surface area contributed by atoms with E-state index in [-0.39, 0.29) is 18.7 Å². The number of hydrogen-bond donors (Lipinski definition) is 2. The van der Waals surface area contributed by atoms with Crippen LogP contribution in [-0.2, 0) is 16.1 Å². The molecule has 8 nitrogen and oxygen atoms in total. The van der Waals surface area contributed by atoms with E-state index in [0.717, 1.165) is 42.8 Å². The van der Waals surface area contributed by atoms with Crippen molar-refractivity contribution in [3.8, 4) is 0 Å². The molecule has 0 bridgehead atoms. The van der Waals surface area contributed by atoms with E-state index < -0.39 is 23.8 Å². The van der Waals surface area contributed by atoms with Gasteiger partial charge in [-0.25, -0.2) is 0 Å². The largest absolute Gasteiger partial charge is 0.317 e. The summed E-state index contributed by atoms with van der Waals surface area (Å²) in [6, 6.07) is 4.90. The maximum Gasteiger partial charge on any atom is 0.262 e. The van der Waals surface area contributed by atoms with Crippen molar-refractivity contribution in [2.45, 2.75) is 50.7 Å². The normalized spacial score (nSPS) is 25.8.